The molecule has 1 aliphatic rings. The molecule has 2 aromatic carbocycles. The molecule has 3 aromatic rings. The second-order valence-electron chi connectivity index (χ2n) is 7.64. The second-order valence-corrected chi connectivity index (χ2v) is 8.05. The lowest BCUT2D eigenvalue weighted by Gasteiger charge is -2.31. The summed E-state index contributed by atoms with van der Waals surface area (Å²) in [7, 11) is 1.56. The molecule has 1 aliphatic heterocycles. The molecule has 7 nitrogen and oxygen atoms in total. The maximum absolute atomic E-state index is 12.8. The first-order valence-corrected chi connectivity index (χ1v) is 10.9. The highest BCUT2D eigenvalue weighted by Crippen LogP contribution is 2.34. The van der Waals surface area contributed by atoms with Crippen LogP contribution in [0.3, 0.4) is 0 Å². The van der Waals surface area contributed by atoms with Crippen LogP contribution in [0.5, 0.6) is 5.75 Å². The normalized spacial score (nSPS) is 13.9. The Labute approximate surface area is 190 Å². The van der Waals surface area contributed by atoms with E-state index in [0.29, 0.717) is 53.9 Å². The second kappa shape index (κ2) is 9.63. The summed E-state index contributed by atoms with van der Waals surface area (Å²) >= 11 is 6.44. The average Bonchev–Trinajstić information content (AvgIpc) is 2.79. The third-order valence-electron chi connectivity index (χ3n) is 5.68. The minimum absolute atomic E-state index is 0.141. The van der Waals surface area contributed by atoms with Gasteiger partial charge in [-0.2, -0.15) is 0 Å². The van der Waals surface area contributed by atoms with Gasteiger partial charge in [0.2, 0.25) is 5.91 Å². The van der Waals surface area contributed by atoms with E-state index in [9.17, 15) is 9.59 Å². The van der Waals surface area contributed by atoms with Crippen LogP contribution >= 0.6 is 11.6 Å². The van der Waals surface area contributed by atoms with Crippen molar-refractivity contribution in [2.45, 2.75) is 19.8 Å². The lowest BCUT2D eigenvalue weighted by Crippen LogP contribution is -2.37. The average molecular weight is 457 g/mol. The summed E-state index contributed by atoms with van der Waals surface area (Å²) in [6.07, 6.45) is 0.414. The fraction of sp³-hybridized carbons (Fsp3) is 0.333. The van der Waals surface area contributed by atoms with Crippen LogP contribution in [-0.4, -0.2) is 39.3 Å². The zero-order valence-electron chi connectivity index (χ0n) is 18.1. The molecule has 168 valence electrons. The molecule has 0 spiro atoms. The van der Waals surface area contributed by atoms with Gasteiger partial charge in [-0.15, -0.1) is 0 Å². The molecule has 0 bridgehead atoms. The first-order chi connectivity index (χ1) is 15.5. The van der Waals surface area contributed by atoms with Crippen LogP contribution in [0.1, 0.15) is 17.5 Å². The predicted octanol–water partition coefficient (Wildman–Crippen LogP) is 4.17. The smallest absolute Gasteiger partial charge is 0.339 e. The summed E-state index contributed by atoms with van der Waals surface area (Å²) in [6, 6.07) is 10.8. The van der Waals surface area contributed by atoms with Crippen molar-refractivity contribution < 1.29 is 18.7 Å². The van der Waals surface area contributed by atoms with Crippen molar-refractivity contribution in [1.82, 2.24) is 0 Å². The molecule has 1 amide bonds. The summed E-state index contributed by atoms with van der Waals surface area (Å²) in [6.45, 7) is 4.50. The molecule has 32 heavy (non-hydrogen) atoms. The van der Waals surface area contributed by atoms with Crippen molar-refractivity contribution in [1.29, 1.82) is 0 Å². The summed E-state index contributed by atoms with van der Waals surface area (Å²) < 4.78 is 16.1. The van der Waals surface area contributed by atoms with E-state index in [1.165, 1.54) is 0 Å². The Kier molecular flexibility index (Phi) is 6.67. The van der Waals surface area contributed by atoms with Gasteiger partial charge in [-0.25, -0.2) is 4.79 Å². The fourth-order valence-corrected chi connectivity index (χ4v) is 4.26. The number of nitrogens with one attached hydrogen (secondary N) is 1. The molecule has 1 N–H and O–H groups in total. The maximum Gasteiger partial charge on any atom is 0.339 e. The van der Waals surface area contributed by atoms with Crippen molar-refractivity contribution in [2.75, 3.05) is 43.6 Å². The van der Waals surface area contributed by atoms with Crippen LogP contribution in [0.4, 0.5) is 11.4 Å². The molecule has 0 radical (unpaired) electrons. The van der Waals surface area contributed by atoms with Gasteiger partial charge in [0.1, 0.15) is 11.3 Å². The minimum atomic E-state index is -0.437. The Balaban J connectivity index is 1.51. The molecule has 0 atom stereocenters. The van der Waals surface area contributed by atoms with E-state index < -0.39 is 5.63 Å². The van der Waals surface area contributed by atoms with Crippen molar-refractivity contribution in [3.8, 4) is 5.75 Å². The van der Waals surface area contributed by atoms with E-state index in [1.54, 1.807) is 25.3 Å². The monoisotopic (exact) mass is 456 g/mol. The zero-order valence-corrected chi connectivity index (χ0v) is 18.8. The van der Waals surface area contributed by atoms with E-state index in [4.69, 9.17) is 25.5 Å². The first kappa shape index (κ1) is 22.2. The molecule has 1 aromatic heterocycles. The number of hydrogen-bond donors (Lipinski definition) is 1. The van der Waals surface area contributed by atoms with Crippen molar-refractivity contribution in [2.24, 2.45) is 0 Å². The number of anilines is 2. The number of benzene rings is 2. The summed E-state index contributed by atoms with van der Waals surface area (Å²) in [5, 5.41) is 4.35. The number of carbonyl (C=O) groups excluding carboxylic acids is 1. The molecule has 2 heterocycles. The fourth-order valence-electron chi connectivity index (χ4n) is 3.97. The van der Waals surface area contributed by atoms with Crippen LogP contribution in [0.2, 0.25) is 5.02 Å². The van der Waals surface area contributed by atoms with E-state index in [-0.39, 0.29) is 18.7 Å². The number of ether oxygens (including phenoxy) is 2. The van der Waals surface area contributed by atoms with Crippen LogP contribution < -0.4 is 20.6 Å². The van der Waals surface area contributed by atoms with Crippen molar-refractivity contribution in [3.05, 3.63) is 63.0 Å². The largest absolute Gasteiger partial charge is 0.497 e. The molecule has 1 fully saturated rings. The third kappa shape index (κ3) is 4.59. The van der Waals surface area contributed by atoms with Crippen LogP contribution in [0.25, 0.3) is 11.0 Å². The Morgan fingerprint density at radius 1 is 1.22 bits per heavy atom. The van der Waals surface area contributed by atoms with Crippen LogP contribution in [0, 0.1) is 6.92 Å². The van der Waals surface area contributed by atoms with Gasteiger partial charge < -0.3 is 24.1 Å². The summed E-state index contributed by atoms with van der Waals surface area (Å²) in [5.74, 6) is 0.417. The maximum atomic E-state index is 12.8. The quantitative estimate of drug-likeness (QED) is 0.561. The van der Waals surface area contributed by atoms with Gasteiger partial charge in [-0.3, -0.25) is 4.79 Å². The summed E-state index contributed by atoms with van der Waals surface area (Å²) in [5.41, 5.74) is 2.78. The van der Waals surface area contributed by atoms with E-state index in [1.807, 2.05) is 25.1 Å². The number of fused-ring (bicyclic) bond motifs is 1. The SMILES string of the molecule is COc1ccc2c(C)c(CCC(=O)Nc3cccc(Cl)c3N3CCOCC3)c(=O)oc2c1. The molecule has 0 saturated carbocycles. The number of hydrogen-bond acceptors (Lipinski definition) is 6. The van der Waals surface area contributed by atoms with Gasteiger partial charge in [-0.1, -0.05) is 17.7 Å². The predicted molar refractivity (Wildman–Crippen MR) is 125 cm³/mol. The molecule has 1 saturated heterocycles. The van der Waals surface area contributed by atoms with Crippen molar-refractivity contribution in [3.63, 3.8) is 0 Å². The van der Waals surface area contributed by atoms with Gasteiger partial charge >= 0.3 is 5.63 Å². The topological polar surface area (TPSA) is 81.0 Å². The number of aryl methyl sites for hydroxylation is 1. The Morgan fingerprint density at radius 3 is 2.75 bits per heavy atom. The highest BCUT2D eigenvalue weighted by molar-refractivity contribution is 6.34. The lowest BCUT2D eigenvalue weighted by molar-refractivity contribution is -0.116. The highest BCUT2D eigenvalue weighted by Gasteiger charge is 2.20. The van der Waals surface area contributed by atoms with Crippen LogP contribution in [-0.2, 0) is 16.0 Å². The van der Waals surface area contributed by atoms with E-state index in [0.717, 1.165) is 16.6 Å². The van der Waals surface area contributed by atoms with Crippen LogP contribution in [0.15, 0.2) is 45.6 Å². The van der Waals surface area contributed by atoms with Gasteiger partial charge in [-0.05, 0) is 43.2 Å². The van der Waals surface area contributed by atoms with Crippen molar-refractivity contribution >= 4 is 39.9 Å². The molecular weight excluding hydrogens is 432 g/mol. The zero-order chi connectivity index (χ0) is 22.7. The number of nitrogens with zero attached hydrogens (tertiary/aromatic N) is 1. The molecule has 0 aliphatic carbocycles. The molecule has 4 rings (SSSR count). The molecule has 0 unspecified atom stereocenters. The minimum Gasteiger partial charge on any atom is -0.497 e. The Hall–Kier alpha value is -3.03. The molecular formula is C24H25ClN2O5. The Morgan fingerprint density at radius 2 is 2.00 bits per heavy atom. The number of carbonyl (C=O) groups is 1. The first-order valence-electron chi connectivity index (χ1n) is 10.5. The summed E-state index contributed by atoms with van der Waals surface area (Å²) in [4.78, 5) is 27.4. The van der Waals surface area contributed by atoms with E-state index >= 15 is 0 Å². The number of methoxy groups -OCH3 is 1. The number of amides is 1. The number of rotatable bonds is 6. The van der Waals surface area contributed by atoms with Gasteiger partial charge in [0.25, 0.3) is 0 Å². The van der Waals surface area contributed by atoms with Gasteiger partial charge in [0.15, 0.2) is 0 Å². The van der Waals surface area contributed by atoms with E-state index in [2.05, 4.69) is 10.2 Å². The Bertz CT molecular complexity index is 1200. The molecule has 8 heteroatoms. The number of morpholine rings is 1. The highest BCUT2D eigenvalue weighted by atomic mass is 35.5. The standard InChI is InChI=1S/C24H25ClN2O5/c1-15-17-7-6-16(30-2)14-21(17)32-24(29)18(15)8-9-22(28)26-20-5-3-4-19(25)23(20)27-10-12-31-13-11-27/h3-7,14H,8-13H2,1-2H3,(H,26,28). The van der Waals surface area contributed by atoms with Gasteiger partial charge in [0, 0.05) is 36.5 Å². The number of halogens is 1. The number of para-hydroxylation sites is 1. The lowest BCUT2D eigenvalue weighted by atomic mass is 10.0. The third-order valence-corrected chi connectivity index (χ3v) is 5.99. The van der Waals surface area contributed by atoms with Gasteiger partial charge in [0.05, 0.1) is 36.7 Å².